The largest absolute Gasteiger partial charge is 0.354 e. The molecule has 4 nitrogen and oxygen atoms in total. The third-order valence-corrected chi connectivity index (χ3v) is 5.74. The lowest BCUT2D eigenvalue weighted by Gasteiger charge is -2.29. The third kappa shape index (κ3) is 6.15. The lowest BCUT2D eigenvalue weighted by atomic mass is 9.82. The molecule has 1 aromatic carbocycles. The van der Waals surface area contributed by atoms with Gasteiger partial charge in [-0.2, -0.15) is 0 Å². The monoisotopic (exact) mass is 358 g/mol. The summed E-state index contributed by atoms with van der Waals surface area (Å²) in [6, 6.07) is 9.67. The first-order chi connectivity index (χ1) is 12.5. The molecular formula is C22H34N2O2. The van der Waals surface area contributed by atoms with Gasteiger partial charge in [0, 0.05) is 12.5 Å². The highest BCUT2D eigenvalue weighted by atomic mass is 16.2. The maximum Gasteiger partial charge on any atom is 0.242 e. The average molecular weight is 359 g/mol. The zero-order chi connectivity index (χ0) is 18.9. The van der Waals surface area contributed by atoms with Crippen LogP contribution in [0.25, 0.3) is 0 Å². The highest BCUT2D eigenvalue weighted by molar-refractivity contribution is 5.88. The van der Waals surface area contributed by atoms with Crippen molar-refractivity contribution >= 4 is 11.8 Å². The fraction of sp³-hybridized carbons (Fsp3) is 0.636. The van der Waals surface area contributed by atoms with E-state index in [2.05, 4.69) is 36.6 Å². The molecule has 144 valence electrons. The predicted molar refractivity (Wildman–Crippen MR) is 106 cm³/mol. The topological polar surface area (TPSA) is 58.2 Å². The molecule has 2 rings (SSSR count). The van der Waals surface area contributed by atoms with E-state index in [-0.39, 0.29) is 23.7 Å². The van der Waals surface area contributed by atoms with Crippen LogP contribution in [0.5, 0.6) is 0 Å². The van der Waals surface area contributed by atoms with Gasteiger partial charge in [0.25, 0.3) is 0 Å². The Morgan fingerprint density at radius 3 is 2.38 bits per heavy atom. The Morgan fingerprint density at radius 1 is 1.12 bits per heavy atom. The SMILES string of the molecule is CC[C@@H](C)[C@@H](NC(=O)C1CCC(C)CC1)C(=O)NCCc1ccccc1. The summed E-state index contributed by atoms with van der Waals surface area (Å²) in [5.74, 6) is 0.895. The molecule has 1 aliphatic rings. The molecule has 0 spiro atoms. The van der Waals surface area contributed by atoms with Crippen LogP contribution in [0, 0.1) is 17.8 Å². The van der Waals surface area contributed by atoms with Gasteiger partial charge in [-0.25, -0.2) is 0 Å². The molecule has 1 fully saturated rings. The molecule has 4 heteroatoms. The van der Waals surface area contributed by atoms with Gasteiger partial charge in [-0.15, -0.1) is 0 Å². The van der Waals surface area contributed by atoms with E-state index in [0.717, 1.165) is 38.5 Å². The van der Waals surface area contributed by atoms with Gasteiger partial charge >= 0.3 is 0 Å². The van der Waals surface area contributed by atoms with E-state index < -0.39 is 6.04 Å². The fourth-order valence-corrected chi connectivity index (χ4v) is 3.58. The van der Waals surface area contributed by atoms with E-state index in [9.17, 15) is 9.59 Å². The van der Waals surface area contributed by atoms with Crippen molar-refractivity contribution in [1.82, 2.24) is 10.6 Å². The van der Waals surface area contributed by atoms with Gasteiger partial charge in [-0.1, -0.05) is 57.5 Å². The molecule has 0 unspecified atom stereocenters. The molecule has 2 atom stereocenters. The number of hydrogen-bond donors (Lipinski definition) is 2. The van der Waals surface area contributed by atoms with Gasteiger partial charge < -0.3 is 10.6 Å². The molecule has 0 radical (unpaired) electrons. The second-order valence-electron chi connectivity index (χ2n) is 7.86. The van der Waals surface area contributed by atoms with E-state index in [1.807, 2.05) is 25.1 Å². The van der Waals surface area contributed by atoms with Crippen LogP contribution >= 0.6 is 0 Å². The first kappa shape index (κ1) is 20.5. The molecule has 0 aromatic heterocycles. The van der Waals surface area contributed by atoms with E-state index in [4.69, 9.17) is 0 Å². The summed E-state index contributed by atoms with van der Waals surface area (Å²) in [7, 11) is 0. The molecule has 26 heavy (non-hydrogen) atoms. The summed E-state index contributed by atoms with van der Waals surface area (Å²) in [4.78, 5) is 25.3. The molecule has 0 saturated heterocycles. The predicted octanol–water partition coefficient (Wildman–Crippen LogP) is 3.70. The van der Waals surface area contributed by atoms with Gasteiger partial charge in [0.2, 0.25) is 11.8 Å². The van der Waals surface area contributed by atoms with Crippen molar-refractivity contribution in [2.45, 2.75) is 65.3 Å². The minimum Gasteiger partial charge on any atom is -0.354 e. The number of carbonyl (C=O) groups excluding carboxylic acids is 2. The summed E-state index contributed by atoms with van der Waals surface area (Å²) < 4.78 is 0. The van der Waals surface area contributed by atoms with Crippen LogP contribution in [-0.4, -0.2) is 24.4 Å². The highest BCUT2D eigenvalue weighted by Gasteiger charge is 2.30. The summed E-state index contributed by atoms with van der Waals surface area (Å²) in [5.41, 5.74) is 1.20. The number of hydrogen-bond acceptors (Lipinski definition) is 2. The Labute approximate surface area is 158 Å². The summed E-state index contributed by atoms with van der Waals surface area (Å²) in [5, 5.41) is 6.06. The Morgan fingerprint density at radius 2 is 1.77 bits per heavy atom. The second kappa shape index (κ2) is 10.3. The number of rotatable bonds is 8. The van der Waals surface area contributed by atoms with Crippen LogP contribution in [0.3, 0.4) is 0 Å². The van der Waals surface area contributed by atoms with E-state index in [1.54, 1.807) is 0 Å². The van der Waals surface area contributed by atoms with Gasteiger partial charge in [0.15, 0.2) is 0 Å². The molecule has 1 saturated carbocycles. The van der Waals surface area contributed by atoms with Crippen molar-refractivity contribution in [3.8, 4) is 0 Å². The van der Waals surface area contributed by atoms with Gasteiger partial charge in [0.1, 0.15) is 6.04 Å². The van der Waals surface area contributed by atoms with Crippen molar-refractivity contribution in [2.24, 2.45) is 17.8 Å². The Hall–Kier alpha value is -1.84. The Kier molecular flexibility index (Phi) is 8.14. The quantitative estimate of drug-likeness (QED) is 0.744. The van der Waals surface area contributed by atoms with Gasteiger partial charge in [-0.3, -0.25) is 9.59 Å². The molecule has 1 aromatic rings. The molecular weight excluding hydrogens is 324 g/mol. The third-order valence-electron chi connectivity index (χ3n) is 5.74. The number of nitrogens with one attached hydrogen (secondary N) is 2. The highest BCUT2D eigenvalue weighted by Crippen LogP contribution is 2.28. The lowest BCUT2D eigenvalue weighted by Crippen LogP contribution is -2.52. The average Bonchev–Trinajstić information content (AvgIpc) is 2.66. The number of benzene rings is 1. The Bertz CT molecular complexity index is 565. The van der Waals surface area contributed by atoms with Crippen molar-refractivity contribution in [3.63, 3.8) is 0 Å². The number of amides is 2. The fourth-order valence-electron chi connectivity index (χ4n) is 3.58. The second-order valence-corrected chi connectivity index (χ2v) is 7.86. The molecule has 0 heterocycles. The van der Waals surface area contributed by atoms with E-state index in [0.29, 0.717) is 12.5 Å². The first-order valence-electron chi connectivity index (χ1n) is 10.1. The summed E-state index contributed by atoms with van der Waals surface area (Å²) in [6.07, 6.45) is 5.75. The van der Waals surface area contributed by atoms with Crippen LogP contribution in [0.1, 0.15) is 58.4 Å². The molecule has 2 N–H and O–H groups in total. The van der Waals surface area contributed by atoms with Crippen LogP contribution in [0.15, 0.2) is 30.3 Å². The zero-order valence-electron chi connectivity index (χ0n) is 16.5. The van der Waals surface area contributed by atoms with Crippen molar-refractivity contribution < 1.29 is 9.59 Å². The molecule has 1 aliphatic carbocycles. The van der Waals surface area contributed by atoms with E-state index >= 15 is 0 Å². The zero-order valence-corrected chi connectivity index (χ0v) is 16.5. The normalized spacial score (nSPS) is 22.3. The molecule has 2 amide bonds. The molecule has 0 bridgehead atoms. The maximum atomic E-state index is 12.7. The minimum absolute atomic E-state index is 0.0559. The van der Waals surface area contributed by atoms with Crippen molar-refractivity contribution in [1.29, 1.82) is 0 Å². The van der Waals surface area contributed by atoms with Crippen LogP contribution in [0.2, 0.25) is 0 Å². The lowest BCUT2D eigenvalue weighted by molar-refractivity contribution is -0.133. The maximum absolute atomic E-state index is 12.7. The number of carbonyl (C=O) groups is 2. The molecule has 0 aliphatic heterocycles. The first-order valence-corrected chi connectivity index (χ1v) is 10.1. The van der Waals surface area contributed by atoms with Crippen molar-refractivity contribution in [2.75, 3.05) is 6.54 Å². The van der Waals surface area contributed by atoms with Crippen LogP contribution < -0.4 is 10.6 Å². The smallest absolute Gasteiger partial charge is 0.242 e. The summed E-state index contributed by atoms with van der Waals surface area (Å²) >= 11 is 0. The van der Waals surface area contributed by atoms with Gasteiger partial charge in [0.05, 0.1) is 0 Å². The van der Waals surface area contributed by atoms with Crippen molar-refractivity contribution in [3.05, 3.63) is 35.9 Å². The minimum atomic E-state index is -0.442. The van der Waals surface area contributed by atoms with E-state index in [1.165, 1.54) is 5.56 Å². The Balaban J connectivity index is 1.86. The van der Waals surface area contributed by atoms with Crippen LogP contribution in [0.4, 0.5) is 0 Å². The van der Waals surface area contributed by atoms with Gasteiger partial charge in [-0.05, 0) is 49.5 Å². The summed E-state index contributed by atoms with van der Waals surface area (Å²) in [6.45, 7) is 6.93. The standard InChI is InChI=1S/C22H34N2O2/c1-4-17(3)20(24-21(25)19-12-10-16(2)11-13-19)22(26)23-15-14-18-8-6-5-7-9-18/h5-9,16-17,19-20H,4,10-15H2,1-3H3,(H,23,26)(H,24,25)/t16?,17-,19?,20-/m1/s1. The van der Waals surface area contributed by atoms with Crippen LogP contribution in [-0.2, 0) is 16.0 Å².